The third-order valence-corrected chi connectivity index (χ3v) is 4.06. The average Bonchev–Trinajstić information content (AvgIpc) is 2.99. The molecule has 24 heavy (non-hydrogen) atoms. The summed E-state index contributed by atoms with van der Waals surface area (Å²) in [4.78, 5) is 6.71. The molecule has 1 fully saturated rings. The maximum Gasteiger partial charge on any atom is 0.228 e. The molecule has 1 aromatic heterocycles. The minimum Gasteiger partial charge on any atom is -0.339 e. The number of nitrogens with zero attached hydrogens (tertiary/aromatic N) is 3. The summed E-state index contributed by atoms with van der Waals surface area (Å²) in [6.45, 7) is 3.12. The van der Waals surface area contributed by atoms with Gasteiger partial charge < -0.3 is 14.7 Å². The minimum absolute atomic E-state index is 0. The first-order chi connectivity index (χ1) is 10.7. The number of hydrogen-bond acceptors (Lipinski definition) is 5. The van der Waals surface area contributed by atoms with E-state index >= 15 is 0 Å². The lowest BCUT2D eigenvalue weighted by Crippen LogP contribution is -2.41. The van der Waals surface area contributed by atoms with Gasteiger partial charge in [-0.2, -0.15) is 4.98 Å². The van der Waals surface area contributed by atoms with Crippen molar-refractivity contribution in [1.82, 2.24) is 20.4 Å². The van der Waals surface area contributed by atoms with Crippen molar-refractivity contribution in [2.24, 2.45) is 0 Å². The van der Waals surface area contributed by atoms with E-state index in [1.54, 1.807) is 12.1 Å². The van der Waals surface area contributed by atoms with Crippen LogP contribution in [0.2, 0.25) is 0 Å². The first-order valence-electron chi connectivity index (χ1n) is 7.71. The maximum absolute atomic E-state index is 12.9. The zero-order chi connectivity index (χ0) is 15.4. The summed E-state index contributed by atoms with van der Waals surface area (Å²) < 4.78 is 18.2. The quantitative estimate of drug-likeness (QED) is 0.869. The van der Waals surface area contributed by atoms with E-state index in [0.717, 1.165) is 25.2 Å². The van der Waals surface area contributed by atoms with Gasteiger partial charge in [-0.25, -0.2) is 4.39 Å². The van der Waals surface area contributed by atoms with Gasteiger partial charge in [-0.1, -0.05) is 5.16 Å². The molecule has 1 aromatic carbocycles. The zero-order valence-electron chi connectivity index (χ0n) is 13.6. The second kappa shape index (κ2) is 9.93. The molecule has 1 saturated heterocycles. The Morgan fingerprint density at radius 2 is 1.88 bits per heavy atom. The summed E-state index contributed by atoms with van der Waals surface area (Å²) in [6.07, 6.45) is 3.07. The Morgan fingerprint density at radius 1 is 1.21 bits per heavy atom. The minimum atomic E-state index is -0.269. The van der Waals surface area contributed by atoms with Gasteiger partial charge in [0.25, 0.3) is 0 Å². The van der Waals surface area contributed by atoms with Gasteiger partial charge in [-0.05, 0) is 57.2 Å². The Hall–Kier alpha value is -1.21. The SMILES string of the molecule is CN1CCC(NCCc2nc(-c3ccc(F)cc3)no2)CC1.Cl.Cl. The highest BCUT2D eigenvalue weighted by atomic mass is 35.5. The topological polar surface area (TPSA) is 54.2 Å². The van der Waals surface area contributed by atoms with Crippen LogP contribution in [0.1, 0.15) is 18.7 Å². The van der Waals surface area contributed by atoms with Crippen LogP contribution in [0, 0.1) is 5.82 Å². The van der Waals surface area contributed by atoms with Crippen LogP contribution < -0.4 is 5.32 Å². The molecule has 0 aliphatic carbocycles. The molecule has 1 aliphatic heterocycles. The fourth-order valence-electron chi connectivity index (χ4n) is 2.67. The molecule has 0 saturated carbocycles. The van der Waals surface area contributed by atoms with Crippen molar-refractivity contribution in [3.8, 4) is 11.4 Å². The molecule has 0 atom stereocenters. The van der Waals surface area contributed by atoms with Crippen LogP contribution >= 0.6 is 24.8 Å². The number of nitrogens with one attached hydrogen (secondary N) is 1. The van der Waals surface area contributed by atoms with E-state index in [1.165, 1.54) is 25.0 Å². The van der Waals surface area contributed by atoms with E-state index in [4.69, 9.17) is 4.52 Å². The standard InChI is InChI=1S/C16H21FN4O.2ClH/c1-21-10-7-14(8-11-21)18-9-6-15-19-16(20-22-15)12-2-4-13(17)5-3-12;;/h2-5,14,18H,6-11H2,1H3;2*1H. The van der Waals surface area contributed by atoms with E-state index < -0.39 is 0 Å². The van der Waals surface area contributed by atoms with Crippen molar-refractivity contribution in [1.29, 1.82) is 0 Å². The van der Waals surface area contributed by atoms with Crippen molar-refractivity contribution in [2.45, 2.75) is 25.3 Å². The number of rotatable bonds is 5. The highest BCUT2D eigenvalue weighted by Gasteiger charge is 2.16. The molecular weight excluding hydrogens is 354 g/mol. The lowest BCUT2D eigenvalue weighted by atomic mass is 10.1. The van der Waals surface area contributed by atoms with Crippen LogP contribution in [0.3, 0.4) is 0 Å². The smallest absolute Gasteiger partial charge is 0.228 e. The van der Waals surface area contributed by atoms with E-state index in [1.807, 2.05) is 0 Å². The van der Waals surface area contributed by atoms with Gasteiger partial charge >= 0.3 is 0 Å². The summed E-state index contributed by atoms with van der Waals surface area (Å²) in [7, 11) is 2.16. The second-order valence-electron chi connectivity index (χ2n) is 5.80. The number of halogens is 3. The summed E-state index contributed by atoms with van der Waals surface area (Å²) in [5.41, 5.74) is 0.764. The number of piperidine rings is 1. The molecule has 1 N–H and O–H groups in total. The van der Waals surface area contributed by atoms with E-state index in [9.17, 15) is 4.39 Å². The normalized spacial score (nSPS) is 15.6. The predicted octanol–water partition coefficient (Wildman–Crippen LogP) is 2.95. The van der Waals surface area contributed by atoms with Crippen LogP contribution in [0.5, 0.6) is 0 Å². The lowest BCUT2D eigenvalue weighted by molar-refractivity contribution is 0.234. The third kappa shape index (κ3) is 5.70. The van der Waals surface area contributed by atoms with E-state index in [2.05, 4.69) is 27.4 Å². The fraction of sp³-hybridized carbons (Fsp3) is 0.500. The molecule has 0 amide bonds. The van der Waals surface area contributed by atoms with Gasteiger partial charge in [0, 0.05) is 24.6 Å². The van der Waals surface area contributed by atoms with Gasteiger partial charge in [-0.15, -0.1) is 24.8 Å². The van der Waals surface area contributed by atoms with Crippen molar-refractivity contribution < 1.29 is 8.91 Å². The number of aromatic nitrogens is 2. The Bertz CT molecular complexity index is 600. The largest absolute Gasteiger partial charge is 0.339 e. The van der Waals surface area contributed by atoms with Crippen LogP contribution in [-0.4, -0.2) is 47.8 Å². The number of likely N-dealkylation sites (tertiary alicyclic amines) is 1. The monoisotopic (exact) mass is 376 g/mol. The molecule has 0 bridgehead atoms. The van der Waals surface area contributed by atoms with Gasteiger partial charge in [-0.3, -0.25) is 0 Å². The van der Waals surface area contributed by atoms with Crippen molar-refractivity contribution in [3.05, 3.63) is 36.0 Å². The molecule has 8 heteroatoms. The fourth-order valence-corrected chi connectivity index (χ4v) is 2.67. The van der Waals surface area contributed by atoms with Gasteiger partial charge in [0.2, 0.25) is 11.7 Å². The first-order valence-corrected chi connectivity index (χ1v) is 7.71. The number of hydrogen-bond donors (Lipinski definition) is 1. The summed E-state index contributed by atoms with van der Waals surface area (Å²) in [5, 5.41) is 7.49. The van der Waals surface area contributed by atoms with Crippen LogP contribution in [0.25, 0.3) is 11.4 Å². The molecule has 0 unspecified atom stereocenters. The molecule has 0 radical (unpaired) electrons. The molecular formula is C16H23Cl2FN4O. The summed E-state index contributed by atoms with van der Waals surface area (Å²) >= 11 is 0. The van der Waals surface area contributed by atoms with Crippen molar-refractivity contribution in [3.63, 3.8) is 0 Å². The summed E-state index contributed by atoms with van der Waals surface area (Å²) in [6, 6.07) is 6.68. The van der Waals surface area contributed by atoms with Gasteiger partial charge in [0.05, 0.1) is 0 Å². The van der Waals surface area contributed by atoms with Crippen molar-refractivity contribution >= 4 is 24.8 Å². The Balaban J connectivity index is 0.00000144. The van der Waals surface area contributed by atoms with Crippen LogP contribution in [0.4, 0.5) is 4.39 Å². The van der Waals surface area contributed by atoms with Crippen LogP contribution in [-0.2, 0) is 6.42 Å². The van der Waals surface area contributed by atoms with E-state index in [-0.39, 0.29) is 30.6 Å². The third-order valence-electron chi connectivity index (χ3n) is 4.06. The first kappa shape index (κ1) is 20.8. The highest BCUT2D eigenvalue weighted by molar-refractivity contribution is 5.85. The molecule has 5 nitrogen and oxygen atoms in total. The van der Waals surface area contributed by atoms with Gasteiger partial charge in [0.1, 0.15) is 5.82 Å². The Labute approximate surface area is 153 Å². The van der Waals surface area contributed by atoms with E-state index in [0.29, 0.717) is 24.2 Å². The summed E-state index contributed by atoms with van der Waals surface area (Å²) in [5.74, 6) is 0.851. The zero-order valence-corrected chi connectivity index (χ0v) is 15.2. The average molecular weight is 377 g/mol. The molecule has 2 aromatic rings. The molecule has 3 rings (SSSR count). The lowest BCUT2D eigenvalue weighted by Gasteiger charge is -2.29. The molecule has 134 valence electrons. The number of benzene rings is 1. The van der Waals surface area contributed by atoms with Gasteiger partial charge in [0.15, 0.2) is 0 Å². The van der Waals surface area contributed by atoms with Crippen LogP contribution in [0.15, 0.2) is 28.8 Å². The molecule has 1 aliphatic rings. The second-order valence-corrected chi connectivity index (χ2v) is 5.80. The molecule has 2 heterocycles. The van der Waals surface area contributed by atoms with Crippen molar-refractivity contribution in [2.75, 3.05) is 26.7 Å². The predicted molar refractivity (Wildman–Crippen MR) is 96.4 cm³/mol. The maximum atomic E-state index is 12.9. The Morgan fingerprint density at radius 3 is 2.54 bits per heavy atom. The molecule has 0 spiro atoms. The highest BCUT2D eigenvalue weighted by Crippen LogP contribution is 2.16. The Kier molecular flexibility index (Phi) is 8.62.